The van der Waals surface area contributed by atoms with Gasteiger partial charge in [0, 0.05) is 32.3 Å². The first-order chi connectivity index (χ1) is 7.99. The van der Waals surface area contributed by atoms with Crippen LogP contribution >= 0.6 is 0 Å². The maximum Gasteiger partial charge on any atom is 0.303 e. The van der Waals surface area contributed by atoms with Gasteiger partial charge in [0.25, 0.3) is 0 Å². The third-order valence-electron chi connectivity index (χ3n) is 2.58. The summed E-state index contributed by atoms with van der Waals surface area (Å²) in [5.74, 6) is -0.742. The summed E-state index contributed by atoms with van der Waals surface area (Å²) in [7, 11) is 1.83. The molecule has 0 spiro atoms. The number of aryl methyl sites for hydroxylation is 1. The van der Waals surface area contributed by atoms with Crippen molar-refractivity contribution in [2.45, 2.75) is 39.3 Å². The maximum absolute atomic E-state index is 10.5. The Hall–Kier alpha value is -1.43. The summed E-state index contributed by atoms with van der Waals surface area (Å²) >= 11 is 0. The molecule has 0 fully saturated rings. The van der Waals surface area contributed by atoms with Crippen LogP contribution < -0.4 is 0 Å². The number of carboxylic acids is 1. The first-order valence-electron chi connectivity index (χ1n) is 5.80. The highest BCUT2D eigenvalue weighted by atomic mass is 16.4. The van der Waals surface area contributed by atoms with Crippen molar-refractivity contribution in [2.24, 2.45) is 7.05 Å². The molecule has 6 heteroatoms. The van der Waals surface area contributed by atoms with Gasteiger partial charge in [0.05, 0.1) is 5.69 Å². The van der Waals surface area contributed by atoms with Crippen LogP contribution in [-0.4, -0.2) is 43.6 Å². The van der Waals surface area contributed by atoms with E-state index in [1.165, 1.54) is 0 Å². The zero-order valence-corrected chi connectivity index (χ0v) is 10.6. The van der Waals surface area contributed by atoms with Gasteiger partial charge < -0.3 is 5.11 Å². The highest BCUT2D eigenvalue weighted by Gasteiger charge is 2.12. The molecule has 1 aromatic heterocycles. The van der Waals surface area contributed by atoms with Crippen molar-refractivity contribution in [3.63, 3.8) is 0 Å². The van der Waals surface area contributed by atoms with Gasteiger partial charge in [-0.3, -0.25) is 14.4 Å². The minimum absolute atomic E-state index is 0.212. The molecular formula is C11H20N4O2. The molecule has 0 saturated carbocycles. The Morgan fingerprint density at radius 1 is 1.59 bits per heavy atom. The molecule has 1 N–H and O–H groups in total. The molecule has 0 amide bonds. The van der Waals surface area contributed by atoms with E-state index in [4.69, 9.17) is 5.11 Å². The SMILES string of the molecule is CC(C)N(CCCC(=O)O)Cc1cn(C)nn1. The van der Waals surface area contributed by atoms with E-state index < -0.39 is 5.97 Å². The molecule has 0 aliphatic rings. The average molecular weight is 240 g/mol. The first-order valence-corrected chi connectivity index (χ1v) is 5.80. The van der Waals surface area contributed by atoms with Crippen molar-refractivity contribution in [2.75, 3.05) is 6.54 Å². The van der Waals surface area contributed by atoms with Gasteiger partial charge in [0.1, 0.15) is 0 Å². The molecule has 6 nitrogen and oxygen atoms in total. The lowest BCUT2D eigenvalue weighted by atomic mass is 10.2. The Morgan fingerprint density at radius 3 is 2.76 bits per heavy atom. The van der Waals surface area contributed by atoms with Crippen LogP contribution in [0, 0.1) is 0 Å². The van der Waals surface area contributed by atoms with Crippen LogP contribution in [0.5, 0.6) is 0 Å². The van der Waals surface area contributed by atoms with Gasteiger partial charge in [-0.2, -0.15) is 0 Å². The largest absolute Gasteiger partial charge is 0.481 e. The number of aliphatic carboxylic acids is 1. The van der Waals surface area contributed by atoms with Gasteiger partial charge >= 0.3 is 5.97 Å². The standard InChI is InChI=1S/C11H20N4O2/c1-9(2)15(6-4-5-11(16)17)8-10-7-14(3)13-12-10/h7,9H,4-6,8H2,1-3H3,(H,16,17). The third-order valence-corrected chi connectivity index (χ3v) is 2.58. The van der Waals surface area contributed by atoms with Crippen molar-refractivity contribution in [1.29, 1.82) is 0 Å². The Kier molecular flexibility index (Phi) is 5.09. The van der Waals surface area contributed by atoms with Crippen LogP contribution in [0.15, 0.2) is 6.20 Å². The molecule has 1 rings (SSSR count). The van der Waals surface area contributed by atoms with Crippen molar-refractivity contribution in [3.05, 3.63) is 11.9 Å². The van der Waals surface area contributed by atoms with E-state index in [0.717, 1.165) is 12.2 Å². The molecule has 0 radical (unpaired) electrons. The maximum atomic E-state index is 10.5. The fraction of sp³-hybridized carbons (Fsp3) is 0.727. The summed E-state index contributed by atoms with van der Waals surface area (Å²) in [6.45, 7) is 5.67. The Morgan fingerprint density at radius 2 is 2.29 bits per heavy atom. The van der Waals surface area contributed by atoms with Gasteiger partial charge in [0.15, 0.2) is 0 Å². The summed E-state index contributed by atoms with van der Waals surface area (Å²) in [5.41, 5.74) is 0.913. The topological polar surface area (TPSA) is 71.2 Å². The van der Waals surface area contributed by atoms with Crippen molar-refractivity contribution in [1.82, 2.24) is 19.9 Å². The second-order valence-electron chi connectivity index (χ2n) is 4.45. The van der Waals surface area contributed by atoms with E-state index in [1.807, 2.05) is 13.2 Å². The zero-order chi connectivity index (χ0) is 12.8. The second-order valence-corrected chi connectivity index (χ2v) is 4.45. The minimum Gasteiger partial charge on any atom is -0.481 e. The summed E-state index contributed by atoms with van der Waals surface area (Å²) in [4.78, 5) is 12.7. The number of hydrogen-bond acceptors (Lipinski definition) is 4. The zero-order valence-electron chi connectivity index (χ0n) is 10.6. The normalized spacial score (nSPS) is 11.4. The molecule has 0 atom stereocenters. The smallest absolute Gasteiger partial charge is 0.303 e. The summed E-state index contributed by atoms with van der Waals surface area (Å²) < 4.78 is 1.67. The van der Waals surface area contributed by atoms with E-state index in [-0.39, 0.29) is 6.42 Å². The van der Waals surface area contributed by atoms with E-state index in [9.17, 15) is 4.79 Å². The number of carboxylic acid groups (broad SMARTS) is 1. The Bertz CT molecular complexity index is 362. The molecule has 0 aliphatic carbocycles. The van der Waals surface area contributed by atoms with Crippen LogP contribution in [0.25, 0.3) is 0 Å². The highest BCUT2D eigenvalue weighted by Crippen LogP contribution is 2.07. The fourth-order valence-electron chi connectivity index (χ4n) is 1.63. The molecule has 0 saturated heterocycles. The predicted molar refractivity (Wildman–Crippen MR) is 63.4 cm³/mol. The predicted octanol–water partition coefficient (Wildman–Crippen LogP) is 0.890. The summed E-state index contributed by atoms with van der Waals surface area (Å²) in [5, 5.41) is 16.5. The molecule has 0 aliphatic heterocycles. The molecule has 17 heavy (non-hydrogen) atoms. The van der Waals surface area contributed by atoms with Gasteiger partial charge in [0.2, 0.25) is 0 Å². The van der Waals surface area contributed by atoms with Crippen LogP contribution in [0.4, 0.5) is 0 Å². The van der Waals surface area contributed by atoms with Crippen molar-refractivity contribution >= 4 is 5.97 Å². The monoisotopic (exact) mass is 240 g/mol. The minimum atomic E-state index is -0.742. The lowest BCUT2D eigenvalue weighted by Gasteiger charge is -2.25. The van der Waals surface area contributed by atoms with Crippen LogP contribution in [0.1, 0.15) is 32.4 Å². The van der Waals surface area contributed by atoms with Gasteiger partial charge in [-0.1, -0.05) is 5.21 Å². The number of hydrogen-bond donors (Lipinski definition) is 1. The summed E-state index contributed by atoms with van der Waals surface area (Å²) in [6.07, 6.45) is 2.75. The molecule has 1 aromatic rings. The van der Waals surface area contributed by atoms with E-state index >= 15 is 0 Å². The van der Waals surface area contributed by atoms with Gasteiger partial charge in [-0.05, 0) is 26.8 Å². The number of aromatic nitrogens is 3. The van der Waals surface area contributed by atoms with Gasteiger partial charge in [-0.15, -0.1) is 5.10 Å². The number of rotatable bonds is 7. The van der Waals surface area contributed by atoms with Gasteiger partial charge in [-0.25, -0.2) is 0 Å². The first kappa shape index (κ1) is 13.6. The Balaban J connectivity index is 2.46. The third kappa shape index (κ3) is 4.95. The quantitative estimate of drug-likeness (QED) is 0.766. The highest BCUT2D eigenvalue weighted by molar-refractivity contribution is 5.66. The molecule has 0 bridgehead atoms. The van der Waals surface area contributed by atoms with Crippen LogP contribution in [0.2, 0.25) is 0 Å². The van der Waals surface area contributed by atoms with Crippen LogP contribution in [0.3, 0.4) is 0 Å². The van der Waals surface area contributed by atoms with E-state index in [0.29, 0.717) is 19.0 Å². The lowest BCUT2D eigenvalue weighted by molar-refractivity contribution is -0.137. The molecule has 1 heterocycles. The van der Waals surface area contributed by atoms with Crippen molar-refractivity contribution < 1.29 is 9.90 Å². The van der Waals surface area contributed by atoms with E-state index in [2.05, 4.69) is 29.1 Å². The summed E-state index contributed by atoms with van der Waals surface area (Å²) in [6, 6.07) is 0.366. The lowest BCUT2D eigenvalue weighted by Crippen LogP contribution is -2.31. The van der Waals surface area contributed by atoms with E-state index in [1.54, 1.807) is 4.68 Å². The Labute approximate surface area is 101 Å². The number of nitrogens with zero attached hydrogens (tertiary/aromatic N) is 4. The molecule has 96 valence electrons. The fourth-order valence-corrected chi connectivity index (χ4v) is 1.63. The molecule has 0 aromatic carbocycles. The number of carbonyl (C=O) groups is 1. The average Bonchev–Trinajstić information content (AvgIpc) is 2.62. The molecular weight excluding hydrogens is 220 g/mol. The van der Waals surface area contributed by atoms with Crippen molar-refractivity contribution in [3.8, 4) is 0 Å². The molecule has 0 unspecified atom stereocenters. The van der Waals surface area contributed by atoms with Crippen LogP contribution in [-0.2, 0) is 18.4 Å². The second kappa shape index (κ2) is 6.34.